The number of hydrogen-bond acceptors (Lipinski definition) is 6. The lowest BCUT2D eigenvalue weighted by molar-refractivity contribution is -0.119. The summed E-state index contributed by atoms with van der Waals surface area (Å²) in [4.78, 5) is 10.8. The molecule has 0 fully saturated rings. The molecule has 8 heteroatoms. The van der Waals surface area contributed by atoms with Crippen molar-refractivity contribution >= 4 is 17.5 Å². The fourth-order valence-corrected chi connectivity index (χ4v) is 2.17. The number of methoxy groups -OCH3 is 1. The Morgan fingerprint density at radius 1 is 1.39 bits per heavy atom. The third-order valence-corrected chi connectivity index (χ3v) is 3.18. The van der Waals surface area contributed by atoms with Gasteiger partial charge in [-0.3, -0.25) is 4.79 Å². The second-order valence-electron chi connectivity index (χ2n) is 5.09. The number of primary amides is 1. The van der Waals surface area contributed by atoms with Crippen molar-refractivity contribution in [3.63, 3.8) is 0 Å². The molecular weight excluding hydrogens is 322 g/mol. The molecule has 7 nitrogen and oxygen atoms in total. The first-order chi connectivity index (χ1) is 10.9. The van der Waals surface area contributed by atoms with Crippen molar-refractivity contribution in [3.05, 3.63) is 22.7 Å². The molecular formula is C15H24ClN3O4. The maximum Gasteiger partial charge on any atom is 0.255 e. The van der Waals surface area contributed by atoms with Gasteiger partial charge in [-0.05, 0) is 24.6 Å². The largest absolute Gasteiger partial charge is 0.493 e. The minimum absolute atomic E-state index is 0.261. The number of rotatable bonds is 11. The van der Waals surface area contributed by atoms with E-state index >= 15 is 0 Å². The molecule has 0 aliphatic rings. The van der Waals surface area contributed by atoms with Crippen LogP contribution in [0.25, 0.3) is 0 Å². The molecule has 0 saturated heterocycles. The molecule has 23 heavy (non-hydrogen) atoms. The Kier molecular flexibility index (Phi) is 8.71. The highest BCUT2D eigenvalue weighted by Crippen LogP contribution is 2.36. The molecule has 0 radical (unpaired) electrons. The topological polar surface area (TPSA) is 106 Å². The van der Waals surface area contributed by atoms with Gasteiger partial charge in [0.25, 0.3) is 5.91 Å². The van der Waals surface area contributed by atoms with E-state index < -0.39 is 5.91 Å². The van der Waals surface area contributed by atoms with Crippen molar-refractivity contribution in [3.8, 4) is 11.5 Å². The second kappa shape index (κ2) is 10.3. The highest BCUT2D eigenvalue weighted by atomic mass is 35.5. The van der Waals surface area contributed by atoms with Crippen molar-refractivity contribution in [2.45, 2.75) is 19.6 Å². The Bertz CT molecular complexity index is 512. The summed E-state index contributed by atoms with van der Waals surface area (Å²) >= 11 is 6.17. The van der Waals surface area contributed by atoms with Crippen LogP contribution in [0.3, 0.4) is 0 Å². The van der Waals surface area contributed by atoms with E-state index in [0.717, 1.165) is 18.7 Å². The fraction of sp³-hybridized carbons (Fsp3) is 0.533. The molecule has 1 amide bonds. The third-order valence-electron chi connectivity index (χ3n) is 2.90. The van der Waals surface area contributed by atoms with E-state index in [2.05, 4.69) is 10.6 Å². The van der Waals surface area contributed by atoms with Gasteiger partial charge in [0, 0.05) is 26.2 Å². The van der Waals surface area contributed by atoms with Gasteiger partial charge in [0.2, 0.25) is 0 Å². The van der Waals surface area contributed by atoms with Gasteiger partial charge in [0.05, 0.1) is 18.2 Å². The third kappa shape index (κ3) is 7.51. The van der Waals surface area contributed by atoms with E-state index in [1.165, 1.54) is 7.11 Å². The van der Waals surface area contributed by atoms with Crippen LogP contribution in [0.15, 0.2) is 12.1 Å². The minimum atomic E-state index is -0.585. The predicted octanol–water partition coefficient (Wildman–Crippen LogP) is 0.273. The van der Waals surface area contributed by atoms with Crippen LogP contribution < -0.4 is 25.8 Å². The van der Waals surface area contributed by atoms with Gasteiger partial charge in [0.1, 0.15) is 0 Å². The maximum atomic E-state index is 10.8. The molecule has 1 rings (SSSR count). The number of benzene rings is 1. The monoisotopic (exact) mass is 345 g/mol. The molecule has 0 aliphatic carbocycles. The van der Waals surface area contributed by atoms with Crippen LogP contribution in [-0.2, 0) is 11.3 Å². The lowest BCUT2D eigenvalue weighted by Gasteiger charge is -2.14. The highest BCUT2D eigenvalue weighted by Gasteiger charge is 2.13. The van der Waals surface area contributed by atoms with Gasteiger partial charge in [-0.2, -0.15) is 0 Å². The van der Waals surface area contributed by atoms with Gasteiger partial charge >= 0.3 is 0 Å². The first-order valence-corrected chi connectivity index (χ1v) is 7.68. The number of amides is 1. The first kappa shape index (κ1) is 19.5. The second-order valence-corrected chi connectivity index (χ2v) is 5.50. The molecule has 0 bridgehead atoms. The molecule has 1 atom stereocenters. The summed E-state index contributed by atoms with van der Waals surface area (Å²) in [6.07, 6.45) is -0.356. The first-order valence-electron chi connectivity index (χ1n) is 7.31. The summed E-state index contributed by atoms with van der Waals surface area (Å²) in [6, 6.07) is 3.54. The summed E-state index contributed by atoms with van der Waals surface area (Å²) in [5.74, 6) is 0.164. The molecule has 130 valence electrons. The van der Waals surface area contributed by atoms with Gasteiger partial charge in [-0.1, -0.05) is 11.6 Å². The number of hydrogen-bond donors (Lipinski definition) is 4. The number of nitrogens with two attached hydrogens (primary N) is 1. The van der Waals surface area contributed by atoms with Crippen LogP contribution in [0.2, 0.25) is 5.02 Å². The zero-order chi connectivity index (χ0) is 17.2. The molecule has 5 N–H and O–H groups in total. The average molecular weight is 346 g/mol. The summed E-state index contributed by atoms with van der Waals surface area (Å²) in [5, 5.41) is 15.8. The number of ether oxygens (including phenoxy) is 2. The predicted molar refractivity (Wildman–Crippen MR) is 89.0 cm³/mol. The van der Waals surface area contributed by atoms with Gasteiger partial charge in [-0.25, -0.2) is 0 Å². The van der Waals surface area contributed by atoms with Gasteiger partial charge in [0.15, 0.2) is 18.1 Å². The standard InChI is InChI=1S/C15H24ClN3O4/c1-10(20)7-18-3-4-19-8-11-5-12(16)15(13(6-11)22-2)23-9-14(17)21/h5-6,10,18-20H,3-4,7-9H2,1-2H3,(H2,17,21). The van der Waals surface area contributed by atoms with E-state index in [4.69, 9.17) is 31.9 Å². The lowest BCUT2D eigenvalue weighted by atomic mass is 10.2. The molecule has 1 unspecified atom stereocenters. The normalized spacial score (nSPS) is 12.0. The number of aliphatic hydroxyl groups excluding tert-OH is 1. The van der Waals surface area contributed by atoms with Gasteiger partial charge in [-0.15, -0.1) is 0 Å². The quantitative estimate of drug-likeness (QED) is 0.429. The average Bonchev–Trinajstić information content (AvgIpc) is 2.48. The van der Waals surface area contributed by atoms with Crippen LogP contribution in [-0.4, -0.2) is 50.5 Å². The zero-order valence-electron chi connectivity index (χ0n) is 13.4. The van der Waals surface area contributed by atoms with Crippen molar-refractivity contribution in [1.29, 1.82) is 0 Å². The Labute approximate surface area is 141 Å². The Morgan fingerprint density at radius 3 is 2.70 bits per heavy atom. The van der Waals surface area contributed by atoms with Crippen LogP contribution >= 0.6 is 11.6 Å². The van der Waals surface area contributed by atoms with Crippen LogP contribution in [0.4, 0.5) is 0 Å². The van der Waals surface area contributed by atoms with Crippen LogP contribution in [0.1, 0.15) is 12.5 Å². The molecule has 0 saturated carbocycles. The van der Waals surface area contributed by atoms with Crippen molar-refractivity contribution < 1.29 is 19.4 Å². The maximum absolute atomic E-state index is 10.8. The molecule has 0 aromatic heterocycles. The summed E-state index contributed by atoms with van der Waals surface area (Å²) in [5.41, 5.74) is 5.98. The number of carbonyl (C=O) groups is 1. The Balaban J connectivity index is 2.53. The minimum Gasteiger partial charge on any atom is -0.493 e. The smallest absolute Gasteiger partial charge is 0.255 e. The Hall–Kier alpha value is -1.54. The number of aliphatic hydroxyl groups is 1. The van der Waals surface area contributed by atoms with Crippen LogP contribution in [0, 0.1) is 0 Å². The molecule has 0 aliphatic heterocycles. The number of halogens is 1. The van der Waals surface area contributed by atoms with E-state index in [0.29, 0.717) is 29.6 Å². The van der Waals surface area contributed by atoms with Crippen molar-refractivity contribution in [2.24, 2.45) is 5.73 Å². The van der Waals surface area contributed by atoms with E-state index in [1.807, 2.05) is 0 Å². The SMILES string of the molecule is COc1cc(CNCCNCC(C)O)cc(Cl)c1OCC(N)=O. The lowest BCUT2D eigenvalue weighted by Crippen LogP contribution is -2.31. The molecule has 1 aromatic carbocycles. The van der Waals surface area contributed by atoms with Gasteiger partial charge < -0.3 is 30.9 Å². The highest BCUT2D eigenvalue weighted by molar-refractivity contribution is 6.32. The number of carbonyl (C=O) groups excluding carboxylic acids is 1. The van der Waals surface area contributed by atoms with Crippen LogP contribution in [0.5, 0.6) is 11.5 Å². The summed E-state index contributed by atoms with van der Waals surface area (Å²) in [7, 11) is 1.50. The summed E-state index contributed by atoms with van der Waals surface area (Å²) in [6.45, 7) is 4.12. The van der Waals surface area contributed by atoms with E-state index in [1.54, 1.807) is 19.1 Å². The summed E-state index contributed by atoms with van der Waals surface area (Å²) < 4.78 is 10.5. The number of nitrogens with one attached hydrogen (secondary N) is 2. The molecule has 1 aromatic rings. The Morgan fingerprint density at radius 2 is 2.09 bits per heavy atom. The molecule has 0 spiro atoms. The molecule has 0 heterocycles. The van der Waals surface area contributed by atoms with Crippen molar-refractivity contribution in [1.82, 2.24) is 10.6 Å². The zero-order valence-corrected chi connectivity index (χ0v) is 14.2. The van der Waals surface area contributed by atoms with E-state index in [9.17, 15) is 4.79 Å². The fourth-order valence-electron chi connectivity index (χ4n) is 1.88. The van der Waals surface area contributed by atoms with Crippen molar-refractivity contribution in [2.75, 3.05) is 33.4 Å². The van der Waals surface area contributed by atoms with E-state index in [-0.39, 0.29) is 12.7 Å².